The molecule has 9 heteroatoms. The summed E-state index contributed by atoms with van der Waals surface area (Å²) < 4.78 is 78.7. The van der Waals surface area contributed by atoms with Gasteiger partial charge in [-0.2, -0.15) is 13.2 Å². The summed E-state index contributed by atoms with van der Waals surface area (Å²) in [7, 11) is 1.81. The Labute approximate surface area is 177 Å². The van der Waals surface area contributed by atoms with Crippen LogP contribution in [-0.4, -0.2) is 38.0 Å². The summed E-state index contributed by atoms with van der Waals surface area (Å²) in [5, 5.41) is 0. The molecule has 0 amide bonds. The number of aliphatic imine (C=N–C) groups is 1. The number of aryl methyl sites for hydroxylation is 1. The van der Waals surface area contributed by atoms with Crippen LogP contribution in [0.5, 0.6) is 0 Å². The Bertz CT molecular complexity index is 971. The summed E-state index contributed by atoms with van der Waals surface area (Å²) in [6.07, 6.45) is -3.08. The predicted octanol–water partition coefficient (Wildman–Crippen LogP) is 5.35. The predicted molar refractivity (Wildman–Crippen MR) is 106 cm³/mol. The first-order chi connectivity index (χ1) is 14.6. The van der Waals surface area contributed by atoms with E-state index in [4.69, 9.17) is 9.47 Å². The molecular weight excluding hydrogens is 419 g/mol. The van der Waals surface area contributed by atoms with Crippen LogP contribution in [0, 0.1) is 18.6 Å². The first kappa shape index (κ1) is 23.1. The van der Waals surface area contributed by atoms with Gasteiger partial charge in [-0.05, 0) is 55.3 Å². The van der Waals surface area contributed by atoms with Crippen molar-refractivity contribution in [3.05, 3.63) is 64.2 Å². The second-order valence-electron chi connectivity index (χ2n) is 7.52. The van der Waals surface area contributed by atoms with Gasteiger partial charge in [-0.3, -0.25) is 0 Å². The van der Waals surface area contributed by atoms with Gasteiger partial charge in [0.1, 0.15) is 22.9 Å². The minimum atomic E-state index is -4.60. The van der Waals surface area contributed by atoms with E-state index < -0.39 is 35.6 Å². The summed E-state index contributed by atoms with van der Waals surface area (Å²) in [5.74, 6) is -1.38. The molecule has 1 fully saturated rings. The maximum absolute atomic E-state index is 14.7. The molecule has 0 bridgehead atoms. The monoisotopic (exact) mass is 442 g/mol. The topological polar surface area (TPSA) is 34.1 Å². The third kappa shape index (κ3) is 5.04. The molecule has 1 aliphatic heterocycles. The van der Waals surface area contributed by atoms with Crippen molar-refractivity contribution in [1.82, 2.24) is 4.90 Å². The molecular formula is C22H23F5N2O2. The standard InChI is InChI=1S/C22H23F5N2O2/c1-4-29(3)13-28-20-7-14(2)17(9-19(20)24)21(11-30-12-21)31-10-15-8-16(22(25,26)27)5-6-18(15)23/h5-9,13H,4,10-12H2,1-3H3. The number of ether oxygens (including phenoxy) is 2. The second kappa shape index (κ2) is 8.92. The lowest BCUT2D eigenvalue weighted by Crippen LogP contribution is -2.49. The fraction of sp³-hybridized carbons (Fsp3) is 0.409. The van der Waals surface area contributed by atoms with E-state index >= 15 is 0 Å². The van der Waals surface area contributed by atoms with E-state index in [1.807, 2.05) is 14.0 Å². The quantitative estimate of drug-likeness (QED) is 0.330. The minimum Gasteiger partial charge on any atom is -0.375 e. The second-order valence-corrected chi connectivity index (χ2v) is 7.52. The van der Waals surface area contributed by atoms with Gasteiger partial charge in [0, 0.05) is 19.2 Å². The maximum Gasteiger partial charge on any atom is 0.416 e. The highest BCUT2D eigenvalue weighted by Crippen LogP contribution is 2.39. The molecule has 0 spiro atoms. The molecule has 2 aromatic carbocycles. The summed E-state index contributed by atoms with van der Waals surface area (Å²) in [4.78, 5) is 5.93. The lowest BCUT2D eigenvalue weighted by atomic mass is 9.87. The average Bonchev–Trinajstić information content (AvgIpc) is 2.68. The van der Waals surface area contributed by atoms with Crippen molar-refractivity contribution in [3.8, 4) is 0 Å². The van der Waals surface area contributed by atoms with Crippen molar-refractivity contribution in [2.24, 2.45) is 4.99 Å². The van der Waals surface area contributed by atoms with Gasteiger partial charge < -0.3 is 14.4 Å². The first-order valence-electron chi connectivity index (χ1n) is 9.68. The van der Waals surface area contributed by atoms with Crippen LogP contribution < -0.4 is 0 Å². The summed E-state index contributed by atoms with van der Waals surface area (Å²) in [6.45, 7) is 4.14. The van der Waals surface area contributed by atoms with Gasteiger partial charge in [0.2, 0.25) is 0 Å². The largest absolute Gasteiger partial charge is 0.416 e. The van der Waals surface area contributed by atoms with Crippen molar-refractivity contribution >= 4 is 12.0 Å². The SMILES string of the molecule is CCN(C)C=Nc1cc(C)c(C2(OCc3cc(C(F)(F)F)ccc3F)COC2)cc1F. The lowest BCUT2D eigenvalue weighted by Gasteiger charge is -2.42. The van der Waals surface area contributed by atoms with Crippen LogP contribution in [-0.2, 0) is 27.9 Å². The molecule has 2 aromatic rings. The fourth-order valence-electron chi connectivity index (χ4n) is 3.18. The smallest absolute Gasteiger partial charge is 0.375 e. The van der Waals surface area contributed by atoms with Crippen LogP contribution >= 0.6 is 0 Å². The van der Waals surface area contributed by atoms with Crippen molar-refractivity contribution in [2.45, 2.75) is 32.2 Å². The van der Waals surface area contributed by atoms with E-state index in [1.54, 1.807) is 17.9 Å². The molecule has 0 N–H and O–H groups in total. The van der Waals surface area contributed by atoms with Crippen molar-refractivity contribution in [2.75, 3.05) is 26.8 Å². The van der Waals surface area contributed by atoms with Crippen LogP contribution in [0.15, 0.2) is 35.3 Å². The minimum absolute atomic E-state index is 0.0784. The van der Waals surface area contributed by atoms with Crippen LogP contribution in [0.1, 0.15) is 29.2 Å². The normalized spacial score (nSPS) is 15.9. The highest BCUT2D eigenvalue weighted by atomic mass is 19.4. The molecule has 31 heavy (non-hydrogen) atoms. The van der Waals surface area contributed by atoms with Crippen molar-refractivity contribution < 1.29 is 31.4 Å². The number of nitrogens with zero attached hydrogens (tertiary/aromatic N) is 2. The highest BCUT2D eigenvalue weighted by molar-refractivity contribution is 5.62. The molecule has 1 aliphatic rings. The van der Waals surface area contributed by atoms with Crippen LogP contribution in [0.3, 0.4) is 0 Å². The molecule has 1 heterocycles. The molecule has 4 nitrogen and oxygen atoms in total. The Kier molecular flexibility index (Phi) is 6.66. The Hall–Kier alpha value is -2.52. The number of benzene rings is 2. The molecule has 0 aliphatic carbocycles. The molecule has 168 valence electrons. The van der Waals surface area contributed by atoms with E-state index in [-0.39, 0.29) is 24.5 Å². The van der Waals surface area contributed by atoms with Gasteiger partial charge in [0.25, 0.3) is 0 Å². The van der Waals surface area contributed by atoms with E-state index in [0.717, 1.165) is 12.1 Å². The molecule has 0 radical (unpaired) electrons. The zero-order valence-electron chi connectivity index (χ0n) is 17.4. The molecule has 0 unspecified atom stereocenters. The zero-order valence-corrected chi connectivity index (χ0v) is 17.4. The van der Waals surface area contributed by atoms with E-state index in [1.165, 1.54) is 12.4 Å². The van der Waals surface area contributed by atoms with Gasteiger partial charge >= 0.3 is 6.18 Å². The van der Waals surface area contributed by atoms with Gasteiger partial charge in [0.15, 0.2) is 0 Å². The Balaban J connectivity index is 1.85. The third-order valence-corrected chi connectivity index (χ3v) is 5.22. The lowest BCUT2D eigenvalue weighted by molar-refractivity contribution is -0.223. The van der Waals surface area contributed by atoms with Crippen LogP contribution in [0.2, 0.25) is 0 Å². The summed E-state index contributed by atoms with van der Waals surface area (Å²) >= 11 is 0. The van der Waals surface area contributed by atoms with Gasteiger partial charge in [-0.25, -0.2) is 13.8 Å². The number of alkyl halides is 3. The molecule has 0 saturated carbocycles. The Morgan fingerprint density at radius 3 is 2.45 bits per heavy atom. The molecule has 0 aromatic heterocycles. The van der Waals surface area contributed by atoms with E-state index in [0.29, 0.717) is 23.7 Å². The van der Waals surface area contributed by atoms with Crippen molar-refractivity contribution in [3.63, 3.8) is 0 Å². The van der Waals surface area contributed by atoms with Gasteiger partial charge in [0.05, 0.1) is 31.7 Å². The molecule has 1 saturated heterocycles. The van der Waals surface area contributed by atoms with Crippen LogP contribution in [0.25, 0.3) is 0 Å². The summed E-state index contributed by atoms with van der Waals surface area (Å²) in [6, 6.07) is 5.02. The first-order valence-corrected chi connectivity index (χ1v) is 9.68. The summed E-state index contributed by atoms with van der Waals surface area (Å²) in [5.41, 5.74) is -0.947. The third-order valence-electron chi connectivity index (χ3n) is 5.22. The Morgan fingerprint density at radius 1 is 1.16 bits per heavy atom. The number of halogens is 5. The van der Waals surface area contributed by atoms with E-state index in [2.05, 4.69) is 4.99 Å². The number of hydrogen-bond donors (Lipinski definition) is 0. The van der Waals surface area contributed by atoms with Gasteiger partial charge in [-0.15, -0.1) is 0 Å². The maximum atomic E-state index is 14.7. The number of hydrogen-bond acceptors (Lipinski definition) is 3. The van der Waals surface area contributed by atoms with Crippen molar-refractivity contribution in [1.29, 1.82) is 0 Å². The van der Waals surface area contributed by atoms with Gasteiger partial charge in [-0.1, -0.05) is 0 Å². The molecule has 3 rings (SSSR count). The average molecular weight is 442 g/mol. The fourth-order valence-corrected chi connectivity index (χ4v) is 3.18. The number of rotatable bonds is 7. The van der Waals surface area contributed by atoms with Crippen LogP contribution in [0.4, 0.5) is 27.6 Å². The highest BCUT2D eigenvalue weighted by Gasteiger charge is 2.43. The molecule has 0 atom stereocenters. The van der Waals surface area contributed by atoms with E-state index in [9.17, 15) is 22.0 Å². The zero-order chi connectivity index (χ0) is 22.8. The Morgan fingerprint density at radius 2 is 1.87 bits per heavy atom.